The number of esters is 1. The lowest BCUT2D eigenvalue weighted by Gasteiger charge is -2.02. The third-order valence-electron chi connectivity index (χ3n) is 3.81. The van der Waals surface area contributed by atoms with Crippen LogP contribution in [0.2, 0.25) is 0 Å². The van der Waals surface area contributed by atoms with Crippen LogP contribution >= 0.6 is 0 Å². The summed E-state index contributed by atoms with van der Waals surface area (Å²) in [5.41, 5.74) is 0.176. The van der Waals surface area contributed by atoms with E-state index in [0.29, 0.717) is 11.7 Å². The Kier molecular flexibility index (Phi) is 3.75. The number of halogens is 2. The van der Waals surface area contributed by atoms with Crippen LogP contribution in [0.1, 0.15) is 40.8 Å². The van der Waals surface area contributed by atoms with E-state index in [2.05, 4.69) is 20.3 Å². The molecule has 1 aromatic carbocycles. The van der Waals surface area contributed by atoms with E-state index in [1.807, 2.05) is 0 Å². The highest BCUT2D eigenvalue weighted by atomic mass is 19.1. The molecule has 0 bridgehead atoms. The van der Waals surface area contributed by atoms with E-state index in [4.69, 9.17) is 4.74 Å². The van der Waals surface area contributed by atoms with Gasteiger partial charge in [-0.25, -0.2) is 23.2 Å². The molecule has 0 aliphatic heterocycles. The van der Waals surface area contributed by atoms with Crippen molar-refractivity contribution in [3.05, 3.63) is 59.4 Å². The first-order valence-corrected chi connectivity index (χ1v) is 7.68. The molecule has 2 aromatic heterocycles. The van der Waals surface area contributed by atoms with Crippen molar-refractivity contribution in [3.8, 4) is 5.69 Å². The van der Waals surface area contributed by atoms with Crippen LogP contribution in [0.25, 0.3) is 5.69 Å². The molecule has 2 heterocycles. The van der Waals surface area contributed by atoms with Crippen LogP contribution in [0.3, 0.4) is 0 Å². The van der Waals surface area contributed by atoms with Gasteiger partial charge < -0.3 is 4.74 Å². The summed E-state index contributed by atoms with van der Waals surface area (Å²) in [6, 6.07) is 3.09. The zero-order valence-electron chi connectivity index (χ0n) is 12.9. The van der Waals surface area contributed by atoms with Crippen LogP contribution in [0.4, 0.5) is 8.78 Å². The summed E-state index contributed by atoms with van der Waals surface area (Å²) in [5, 5.41) is 10.7. The molecule has 1 fully saturated rings. The van der Waals surface area contributed by atoms with Crippen molar-refractivity contribution in [2.45, 2.75) is 25.4 Å². The Morgan fingerprint density at radius 3 is 2.96 bits per heavy atom. The predicted molar refractivity (Wildman–Crippen MR) is 81.0 cm³/mol. The number of benzene rings is 1. The second-order valence-corrected chi connectivity index (χ2v) is 5.76. The number of hydrogen-bond donors (Lipinski definition) is 1. The summed E-state index contributed by atoms with van der Waals surface area (Å²) in [6.07, 6.45) is 4.72. The second kappa shape index (κ2) is 6.08. The molecule has 0 amide bonds. The molecule has 128 valence electrons. The van der Waals surface area contributed by atoms with E-state index in [0.717, 1.165) is 35.5 Å². The number of ether oxygens (including phenoxy) is 1. The Labute approximate surface area is 140 Å². The normalized spacial score (nSPS) is 13.8. The van der Waals surface area contributed by atoms with Crippen LogP contribution in [0.15, 0.2) is 30.6 Å². The Morgan fingerprint density at radius 1 is 1.36 bits per heavy atom. The molecule has 0 spiro atoms. The minimum atomic E-state index is -0.780. The standard InChI is InChI=1S/C16H13F2N5O2/c17-11-3-4-13(12(18)5-11)23-7-10(6-19-23)16(24)25-8-14-20-15(22-21-14)9-1-2-9/h3-7,9H,1-2,8H2,(H,20,21,22). The van der Waals surface area contributed by atoms with Gasteiger partial charge in [0.25, 0.3) is 0 Å². The topological polar surface area (TPSA) is 85.7 Å². The average molecular weight is 345 g/mol. The number of nitrogens with zero attached hydrogens (tertiary/aromatic N) is 4. The smallest absolute Gasteiger partial charge is 0.341 e. The summed E-state index contributed by atoms with van der Waals surface area (Å²) in [6.45, 7) is -0.0470. The zero-order valence-corrected chi connectivity index (χ0v) is 12.9. The summed E-state index contributed by atoms with van der Waals surface area (Å²) < 4.78 is 33.0. The Bertz CT molecular complexity index is 932. The Balaban J connectivity index is 1.42. The molecule has 9 heteroatoms. The molecule has 0 atom stereocenters. The van der Waals surface area contributed by atoms with Gasteiger partial charge in [-0.15, -0.1) is 0 Å². The van der Waals surface area contributed by atoms with E-state index in [1.165, 1.54) is 18.5 Å². The second-order valence-electron chi connectivity index (χ2n) is 5.76. The molecular weight excluding hydrogens is 332 g/mol. The summed E-state index contributed by atoms with van der Waals surface area (Å²) in [5.74, 6) is -0.483. The minimum absolute atomic E-state index is 0.0322. The number of aromatic amines is 1. The fourth-order valence-electron chi connectivity index (χ4n) is 2.34. The van der Waals surface area contributed by atoms with Crippen LogP contribution in [0.5, 0.6) is 0 Å². The highest BCUT2D eigenvalue weighted by Crippen LogP contribution is 2.37. The van der Waals surface area contributed by atoms with Gasteiger partial charge in [-0.3, -0.25) is 5.10 Å². The molecule has 3 aromatic rings. The van der Waals surface area contributed by atoms with Gasteiger partial charge in [-0.2, -0.15) is 10.2 Å². The summed E-state index contributed by atoms with van der Waals surface area (Å²) in [7, 11) is 0. The molecule has 0 radical (unpaired) electrons. The first-order valence-electron chi connectivity index (χ1n) is 7.68. The van der Waals surface area contributed by atoms with Crippen LogP contribution in [-0.4, -0.2) is 30.9 Å². The van der Waals surface area contributed by atoms with Crippen molar-refractivity contribution in [2.24, 2.45) is 0 Å². The van der Waals surface area contributed by atoms with Crippen LogP contribution in [-0.2, 0) is 11.3 Å². The van der Waals surface area contributed by atoms with Crippen molar-refractivity contribution in [1.82, 2.24) is 25.0 Å². The van der Waals surface area contributed by atoms with E-state index in [1.54, 1.807) is 0 Å². The van der Waals surface area contributed by atoms with Gasteiger partial charge in [0.1, 0.15) is 11.5 Å². The van der Waals surface area contributed by atoms with Crippen molar-refractivity contribution < 1.29 is 18.3 Å². The fourth-order valence-corrected chi connectivity index (χ4v) is 2.34. The molecule has 25 heavy (non-hydrogen) atoms. The van der Waals surface area contributed by atoms with Crippen molar-refractivity contribution in [1.29, 1.82) is 0 Å². The fraction of sp³-hybridized carbons (Fsp3) is 0.250. The predicted octanol–water partition coefficient (Wildman–Crippen LogP) is 2.50. The van der Waals surface area contributed by atoms with E-state index in [-0.39, 0.29) is 17.9 Å². The van der Waals surface area contributed by atoms with Crippen molar-refractivity contribution in [2.75, 3.05) is 0 Å². The molecule has 0 unspecified atom stereocenters. The van der Waals surface area contributed by atoms with Gasteiger partial charge in [0.2, 0.25) is 0 Å². The largest absolute Gasteiger partial charge is 0.454 e. The van der Waals surface area contributed by atoms with Crippen molar-refractivity contribution >= 4 is 5.97 Å². The van der Waals surface area contributed by atoms with Crippen LogP contribution < -0.4 is 0 Å². The van der Waals surface area contributed by atoms with Gasteiger partial charge in [0, 0.05) is 18.2 Å². The van der Waals surface area contributed by atoms with E-state index < -0.39 is 17.6 Å². The monoisotopic (exact) mass is 345 g/mol. The number of carbonyl (C=O) groups is 1. The summed E-state index contributed by atoms with van der Waals surface area (Å²) in [4.78, 5) is 16.3. The first-order chi connectivity index (χ1) is 12.1. The van der Waals surface area contributed by atoms with E-state index >= 15 is 0 Å². The molecule has 4 rings (SSSR count). The number of rotatable bonds is 5. The maximum absolute atomic E-state index is 13.8. The van der Waals surface area contributed by atoms with E-state index in [9.17, 15) is 13.6 Å². The number of H-pyrrole nitrogens is 1. The molecule has 1 saturated carbocycles. The lowest BCUT2D eigenvalue weighted by Crippen LogP contribution is -2.05. The van der Waals surface area contributed by atoms with Crippen LogP contribution in [0, 0.1) is 11.6 Å². The number of hydrogen-bond acceptors (Lipinski definition) is 5. The third-order valence-corrected chi connectivity index (χ3v) is 3.81. The zero-order chi connectivity index (χ0) is 17.4. The maximum atomic E-state index is 13.8. The highest BCUT2D eigenvalue weighted by molar-refractivity contribution is 5.88. The van der Waals surface area contributed by atoms with Crippen molar-refractivity contribution in [3.63, 3.8) is 0 Å². The maximum Gasteiger partial charge on any atom is 0.341 e. The Hall–Kier alpha value is -3.10. The first kappa shape index (κ1) is 15.4. The number of carbonyl (C=O) groups excluding carboxylic acids is 1. The quantitative estimate of drug-likeness (QED) is 0.718. The third kappa shape index (κ3) is 3.25. The van der Waals surface area contributed by atoms with Gasteiger partial charge in [0.15, 0.2) is 24.1 Å². The molecular formula is C16H13F2N5O2. The summed E-state index contributed by atoms with van der Waals surface area (Å²) >= 11 is 0. The molecule has 0 saturated heterocycles. The molecule has 1 N–H and O–H groups in total. The minimum Gasteiger partial charge on any atom is -0.454 e. The lowest BCUT2D eigenvalue weighted by atomic mass is 10.3. The molecule has 1 aliphatic carbocycles. The van der Waals surface area contributed by atoms with Gasteiger partial charge in [-0.1, -0.05) is 0 Å². The molecule has 7 nitrogen and oxygen atoms in total. The molecule has 1 aliphatic rings. The number of aromatic nitrogens is 5. The lowest BCUT2D eigenvalue weighted by molar-refractivity contribution is 0.0462. The van der Waals surface area contributed by atoms with Gasteiger partial charge >= 0.3 is 5.97 Å². The Morgan fingerprint density at radius 2 is 2.20 bits per heavy atom. The average Bonchev–Trinajstić information content (AvgIpc) is 3.14. The number of nitrogens with one attached hydrogen (secondary N) is 1. The van der Waals surface area contributed by atoms with Gasteiger partial charge in [0.05, 0.1) is 11.8 Å². The highest BCUT2D eigenvalue weighted by Gasteiger charge is 2.27. The van der Waals surface area contributed by atoms with Gasteiger partial charge in [-0.05, 0) is 25.0 Å². The SMILES string of the molecule is O=C(OCc1nc(C2CC2)n[nH]1)c1cnn(-c2ccc(F)cc2F)c1.